The van der Waals surface area contributed by atoms with Crippen LogP contribution in [0, 0.1) is 17.8 Å². The number of hydrogen-bond donors (Lipinski definition) is 1. The minimum Gasteiger partial charge on any atom is -0.490 e. The van der Waals surface area contributed by atoms with Gasteiger partial charge in [0, 0.05) is 62.4 Å². The SMILES string of the molecule is COCC[C@@H]1[C@@H](C)C/C=C/[C@H](OCCN2CCOCC2)[C@@H]2CC[C@H]2CN2C[C@@]3(CCCc4cc(Cl)ccc43)COc3ccc(cc32)C(=O)NS1(=O)=O. The number of morpholine rings is 1. The number of aryl methyl sites for hydroxylation is 1. The Balaban J connectivity index is 1.24. The average molecular weight is 756 g/mol. The summed E-state index contributed by atoms with van der Waals surface area (Å²) in [5, 5.41) is -0.0698. The minimum absolute atomic E-state index is 0.0887. The summed E-state index contributed by atoms with van der Waals surface area (Å²) < 4.78 is 54.5. The molecule has 3 heterocycles. The van der Waals surface area contributed by atoms with E-state index in [0.717, 1.165) is 88.8 Å². The molecule has 10 nitrogen and oxygen atoms in total. The van der Waals surface area contributed by atoms with E-state index in [2.05, 4.69) is 38.8 Å². The second-order valence-electron chi connectivity index (χ2n) is 15.5. The van der Waals surface area contributed by atoms with Gasteiger partial charge in [-0.05, 0) is 104 Å². The van der Waals surface area contributed by atoms with Crippen molar-refractivity contribution >= 4 is 33.2 Å². The quantitative estimate of drug-likeness (QED) is 0.361. The molecular formula is C40H54ClN3O7S. The first-order chi connectivity index (χ1) is 25.2. The molecule has 0 radical (unpaired) electrons. The first-order valence-corrected chi connectivity index (χ1v) is 21.0. The van der Waals surface area contributed by atoms with Crippen LogP contribution < -0.4 is 14.4 Å². The molecule has 0 aromatic heterocycles. The maximum absolute atomic E-state index is 13.9. The molecule has 2 aromatic carbocycles. The number of nitrogens with zero attached hydrogens (tertiary/aromatic N) is 2. The molecule has 0 unspecified atom stereocenters. The smallest absolute Gasteiger partial charge is 0.264 e. The Kier molecular flexibility index (Phi) is 11.8. The number of ether oxygens (including phenoxy) is 4. The second kappa shape index (κ2) is 16.4. The number of amides is 1. The molecule has 2 fully saturated rings. The molecule has 52 heavy (non-hydrogen) atoms. The molecule has 1 saturated carbocycles. The molecule has 1 N–H and O–H groups in total. The Bertz CT molecular complexity index is 1720. The highest BCUT2D eigenvalue weighted by molar-refractivity contribution is 7.90. The molecule has 3 aliphatic heterocycles. The van der Waals surface area contributed by atoms with Crippen molar-refractivity contribution in [3.8, 4) is 5.75 Å². The number of benzene rings is 2. The summed E-state index contributed by atoms with van der Waals surface area (Å²) in [6, 6.07) is 11.6. The summed E-state index contributed by atoms with van der Waals surface area (Å²) in [7, 11) is -2.47. The van der Waals surface area contributed by atoms with Crippen LogP contribution in [0.4, 0.5) is 5.69 Å². The molecule has 2 bridgehead atoms. The van der Waals surface area contributed by atoms with Crippen molar-refractivity contribution in [2.75, 3.05) is 77.8 Å². The van der Waals surface area contributed by atoms with E-state index >= 15 is 0 Å². The number of carbonyl (C=O) groups is 1. The maximum Gasteiger partial charge on any atom is 0.264 e. The van der Waals surface area contributed by atoms with Crippen molar-refractivity contribution in [1.82, 2.24) is 9.62 Å². The lowest BCUT2D eigenvalue weighted by atomic mass is 9.68. The van der Waals surface area contributed by atoms with E-state index in [1.165, 1.54) is 11.1 Å². The number of fused-ring (bicyclic) bond motifs is 4. The van der Waals surface area contributed by atoms with Gasteiger partial charge in [0.2, 0.25) is 10.0 Å². The summed E-state index contributed by atoms with van der Waals surface area (Å²) in [6.45, 7) is 9.01. The Morgan fingerprint density at radius 2 is 1.94 bits per heavy atom. The fourth-order valence-electron chi connectivity index (χ4n) is 9.08. The minimum atomic E-state index is -4.04. The van der Waals surface area contributed by atoms with Crippen molar-refractivity contribution < 1.29 is 32.2 Å². The van der Waals surface area contributed by atoms with E-state index in [1.54, 1.807) is 13.2 Å². The number of sulfonamides is 1. The van der Waals surface area contributed by atoms with Crippen LogP contribution in [0.15, 0.2) is 48.6 Å². The van der Waals surface area contributed by atoms with Gasteiger partial charge in [-0.25, -0.2) is 13.1 Å². The zero-order chi connectivity index (χ0) is 36.3. The molecule has 5 aliphatic rings. The summed E-state index contributed by atoms with van der Waals surface area (Å²) in [4.78, 5) is 18.6. The number of anilines is 1. The summed E-state index contributed by atoms with van der Waals surface area (Å²) in [6.07, 6.45) is 10.1. The Hall–Kier alpha value is -2.67. The molecule has 2 aliphatic carbocycles. The molecule has 7 rings (SSSR count). The van der Waals surface area contributed by atoms with Gasteiger partial charge >= 0.3 is 0 Å². The monoisotopic (exact) mass is 755 g/mol. The highest BCUT2D eigenvalue weighted by atomic mass is 35.5. The van der Waals surface area contributed by atoms with E-state index in [9.17, 15) is 13.2 Å². The number of methoxy groups -OCH3 is 1. The zero-order valence-corrected chi connectivity index (χ0v) is 32.1. The molecule has 1 saturated heterocycles. The molecule has 1 amide bonds. The van der Waals surface area contributed by atoms with Gasteiger partial charge in [0.25, 0.3) is 5.91 Å². The van der Waals surface area contributed by atoms with Crippen LogP contribution in [0.2, 0.25) is 5.02 Å². The second-order valence-corrected chi connectivity index (χ2v) is 17.9. The highest BCUT2D eigenvalue weighted by Crippen LogP contribution is 2.47. The third-order valence-corrected chi connectivity index (χ3v) is 14.4. The molecule has 1 spiro atoms. The van der Waals surface area contributed by atoms with Crippen molar-refractivity contribution in [2.24, 2.45) is 17.8 Å². The van der Waals surface area contributed by atoms with E-state index in [1.807, 2.05) is 25.1 Å². The number of halogens is 1. The van der Waals surface area contributed by atoms with Gasteiger partial charge < -0.3 is 23.8 Å². The van der Waals surface area contributed by atoms with Crippen molar-refractivity contribution in [1.29, 1.82) is 0 Å². The lowest BCUT2D eigenvalue weighted by molar-refractivity contribution is -0.0315. The highest BCUT2D eigenvalue weighted by Gasteiger charge is 2.45. The molecule has 284 valence electrons. The maximum atomic E-state index is 13.9. The largest absolute Gasteiger partial charge is 0.490 e. The molecule has 12 heteroatoms. The first-order valence-electron chi connectivity index (χ1n) is 19.1. The van der Waals surface area contributed by atoms with Gasteiger partial charge in [0.05, 0.1) is 43.5 Å². The van der Waals surface area contributed by atoms with Gasteiger partial charge in [0.1, 0.15) is 5.75 Å². The van der Waals surface area contributed by atoms with Crippen LogP contribution in [0.25, 0.3) is 0 Å². The van der Waals surface area contributed by atoms with Crippen molar-refractivity contribution in [3.63, 3.8) is 0 Å². The van der Waals surface area contributed by atoms with Gasteiger partial charge in [-0.1, -0.05) is 36.7 Å². The topological polar surface area (TPSA) is 107 Å². The third kappa shape index (κ3) is 8.20. The predicted molar refractivity (Wildman–Crippen MR) is 203 cm³/mol. The van der Waals surface area contributed by atoms with Crippen molar-refractivity contribution in [2.45, 2.75) is 68.6 Å². The number of nitrogens with one attached hydrogen (secondary N) is 1. The van der Waals surface area contributed by atoms with E-state index in [4.69, 9.17) is 30.5 Å². The van der Waals surface area contributed by atoms with E-state index in [0.29, 0.717) is 42.8 Å². The molecule has 2 aromatic rings. The Morgan fingerprint density at radius 1 is 1.10 bits per heavy atom. The normalized spacial score (nSPS) is 31.3. The predicted octanol–water partition coefficient (Wildman–Crippen LogP) is 5.62. The number of allylic oxidation sites excluding steroid dienone is 1. The van der Waals surface area contributed by atoms with Gasteiger partial charge in [-0.3, -0.25) is 9.69 Å². The lowest BCUT2D eigenvalue weighted by Crippen LogP contribution is -2.50. The zero-order valence-electron chi connectivity index (χ0n) is 30.6. The molecule has 6 atom stereocenters. The van der Waals surface area contributed by atoms with Gasteiger partial charge in [0.15, 0.2) is 0 Å². The Morgan fingerprint density at radius 3 is 2.73 bits per heavy atom. The third-order valence-electron chi connectivity index (χ3n) is 12.2. The van der Waals surface area contributed by atoms with Crippen LogP contribution in [-0.2, 0) is 36.1 Å². The fraction of sp³-hybridized carbons (Fsp3) is 0.625. The number of rotatable bonds is 7. The fourth-order valence-corrected chi connectivity index (χ4v) is 10.9. The summed E-state index contributed by atoms with van der Waals surface area (Å²) >= 11 is 6.48. The lowest BCUT2D eigenvalue weighted by Gasteiger charge is -2.46. The number of carbonyl (C=O) groups excluding carboxylic acids is 1. The van der Waals surface area contributed by atoms with Crippen LogP contribution in [-0.4, -0.2) is 103 Å². The van der Waals surface area contributed by atoms with Crippen molar-refractivity contribution in [3.05, 3.63) is 70.3 Å². The first kappa shape index (κ1) is 37.6. The summed E-state index contributed by atoms with van der Waals surface area (Å²) in [5.41, 5.74) is 3.40. The summed E-state index contributed by atoms with van der Waals surface area (Å²) in [5.74, 6) is 0.499. The molecular weight excluding hydrogens is 702 g/mol. The number of hydrogen-bond acceptors (Lipinski definition) is 9. The van der Waals surface area contributed by atoms with Gasteiger partial charge in [-0.15, -0.1) is 0 Å². The van der Waals surface area contributed by atoms with Crippen LogP contribution in [0.5, 0.6) is 5.75 Å². The van der Waals surface area contributed by atoms with Gasteiger partial charge in [-0.2, -0.15) is 0 Å². The van der Waals surface area contributed by atoms with E-state index in [-0.39, 0.29) is 30.5 Å². The van der Waals surface area contributed by atoms with Crippen LogP contribution in [0.3, 0.4) is 0 Å². The standard InChI is InChI=1S/C40H54ClN3O7S/c1-28-5-3-7-36(50-22-18-43-16-20-49-21-17-43)33-11-8-31(33)25-44-26-40(15-4-6-29-23-32(41)10-12-34(29)40)27-51-37-13-9-30(24-35(37)44)39(45)42-52(46,47)38(28)14-19-48-2/h3,7,9-10,12-13,23-24,28,31,33,36,38H,4-6,8,11,14-22,25-27H2,1-2H3,(H,42,45)/b7-3+/t28-,31-,33+,36-,38+,40-/m0/s1. The van der Waals surface area contributed by atoms with Crippen LogP contribution in [0.1, 0.15) is 66.9 Å². The van der Waals surface area contributed by atoms with Crippen LogP contribution >= 0.6 is 11.6 Å². The average Bonchev–Trinajstić information content (AvgIpc) is 3.26. The van der Waals surface area contributed by atoms with E-state index < -0.39 is 21.2 Å². The Labute approximate surface area is 314 Å².